The monoisotopic (exact) mass is 250 g/mol. The van der Waals surface area contributed by atoms with Crippen molar-refractivity contribution in [1.29, 1.82) is 0 Å². The first kappa shape index (κ1) is 14.3. The minimum absolute atomic E-state index is 0.387. The van der Waals surface area contributed by atoms with Crippen LogP contribution in [0, 0.1) is 0 Å². The van der Waals surface area contributed by atoms with Crippen LogP contribution in [0.25, 0.3) is 0 Å². The van der Waals surface area contributed by atoms with Crippen molar-refractivity contribution in [3.8, 4) is 0 Å². The predicted octanol–water partition coefficient (Wildman–Crippen LogP) is 0.0835. The summed E-state index contributed by atoms with van der Waals surface area (Å²) >= 11 is 0. The molecule has 0 fully saturated rings. The number of carboxylic acid groups (broad SMARTS) is 1. The van der Waals surface area contributed by atoms with E-state index in [1.807, 2.05) is 0 Å². The van der Waals surface area contributed by atoms with Gasteiger partial charge in [0, 0.05) is 36.7 Å². The van der Waals surface area contributed by atoms with E-state index < -0.39 is 5.97 Å². The number of amides is 1. The van der Waals surface area contributed by atoms with Crippen molar-refractivity contribution < 1.29 is 14.7 Å². The molecule has 5 nitrogen and oxygen atoms in total. The van der Waals surface area contributed by atoms with Gasteiger partial charge in [0.15, 0.2) is 0 Å². The zero-order chi connectivity index (χ0) is 11.5. The van der Waals surface area contributed by atoms with Gasteiger partial charge in [0.25, 0.3) is 0 Å². The molecule has 0 unspecified atom stereocenters. The minimum atomic E-state index is -1.13. The molecule has 0 heterocycles. The van der Waals surface area contributed by atoms with E-state index >= 15 is 0 Å². The van der Waals surface area contributed by atoms with Crippen LogP contribution >= 0.6 is 21.6 Å². The molecule has 86 valence electrons. The van der Waals surface area contributed by atoms with Gasteiger partial charge in [0.1, 0.15) is 0 Å². The number of carboxylic acids is 1. The molecule has 0 saturated carbocycles. The Morgan fingerprint density at radius 3 is 2.53 bits per heavy atom. The average Bonchev–Trinajstić information content (AvgIpc) is 2.20. The van der Waals surface area contributed by atoms with Gasteiger partial charge in [-0.2, -0.15) is 0 Å². The van der Waals surface area contributed by atoms with Gasteiger partial charge < -0.3 is 16.2 Å². The molecule has 0 radical (unpaired) electrons. The van der Waals surface area contributed by atoms with Crippen LogP contribution in [-0.4, -0.2) is 41.6 Å². The molecule has 0 saturated heterocycles. The Labute approximate surface area is 96.3 Å². The summed E-state index contributed by atoms with van der Waals surface area (Å²) in [5.41, 5.74) is 5.29. The lowest BCUT2D eigenvalue weighted by Crippen LogP contribution is -2.23. The lowest BCUT2D eigenvalue weighted by atomic mass is 10.4. The van der Waals surface area contributed by atoms with Crippen molar-refractivity contribution in [2.45, 2.75) is 0 Å². The predicted molar refractivity (Wildman–Crippen MR) is 63.8 cm³/mol. The van der Waals surface area contributed by atoms with Crippen molar-refractivity contribution in [2.75, 3.05) is 24.6 Å². The Bertz CT molecular complexity index is 234. The van der Waals surface area contributed by atoms with Crippen LogP contribution in [0.1, 0.15) is 0 Å². The summed E-state index contributed by atoms with van der Waals surface area (Å²) in [6.45, 7) is 1.16. The van der Waals surface area contributed by atoms with Gasteiger partial charge in [-0.05, 0) is 0 Å². The topological polar surface area (TPSA) is 92.4 Å². The van der Waals surface area contributed by atoms with Gasteiger partial charge >= 0.3 is 5.97 Å². The largest absolute Gasteiger partial charge is 0.478 e. The third kappa shape index (κ3) is 11.3. The van der Waals surface area contributed by atoms with Crippen molar-refractivity contribution in [1.82, 2.24) is 5.32 Å². The van der Waals surface area contributed by atoms with Crippen molar-refractivity contribution in [2.24, 2.45) is 5.73 Å². The van der Waals surface area contributed by atoms with Gasteiger partial charge in [-0.25, -0.2) is 4.79 Å². The average molecular weight is 250 g/mol. The summed E-state index contributed by atoms with van der Waals surface area (Å²) < 4.78 is 0. The van der Waals surface area contributed by atoms with Gasteiger partial charge in [-0.3, -0.25) is 4.79 Å². The summed E-state index contributed by atoms with van der Waals surface area (Å²) in [4.78, 5) is 21.0. The van der Waals surface area contributed by atoms with Gasteiger partial charge in [0.2, 0.25) is 5.91 Å². The standard InChI is InChI=1S/C8H14N2O3S2/c9-3-5-14-15-6-4-10-7(11)1-2-8(12)13/h1-2H,3-6,9H2,(H,10,11)(H,12,13)/b2-1+. The molecular weight excluding hydrogens is 236 g/mol. The molecule has 0 aliphatic carbocycles. The molecule has 0 aromatic rings. The summed E-state index contributed by atoms with van der Waals surface area (Å²) in [5.74, 6) is 0.148. The summed E-state index contributed by atoms with van der Waals surface area (Å²) in [6.07, 6.45) is 1.81. The highest BCUT2D eigenvalue weighted by atomic mass is 33.1. The number of hydrogen-bond acceptors (Lipinski definition) is 5. The number of nitrogens with two attached hydrogens (primary N) is 1. The fraction of sp³-hybridized carbons (Fsp3) is 0.500. The van der Waals surface area contributed by atoms with Gasteiger partial charge in [-0.1, -0.05) is 21.6 Å². The van der Waals surface area contributed by atoms with E-state index in [9.17, 15) is 9.59 Å². The van der Waals surface area contributed by atoms with E-state index in [0.29, 0.717) is 13.1 Å². The van der Waals surface area contributed by atoms with Gasteiger partial charge in [-0.15, -0.1) is 0 Å². The summed E-state index contributed by atoms with van der Waals surface area (Å²) in [7, 11) is 3.28. The number of hydrogen-bond donors (Lipinski definition) is 3. The van der Waals surface area contributed by atoms with E-state index in [1.165, 1.54) is 0 Å². The molecule has 0 aliphatic heterocycles. The fourth-order valence-corrected chi connectivity index (χ4v) is 2.35. The zero-order valence-corrected chi connectivity index (χ0v) is 9.77. The van der Waals surface area contributed by atoms with Crippen LogP contribution in [-0.2, 0) is 9.59 Å². The van der Waals surface area contributed by atoms with E-state index in [0.717, 1.165) is 23.7 Å². The molecule has 0 rings (SSSR count). The molecule has 15 heavy (non-hydrogen) atoms. The highest BCUT2D eigenvalue weighted by Gasteiger charge is 1.96. The maximum atomic E-state index is 10.9. The third-order valence-electron chi connectivity index (χ3n) is 1.15. The molecule has 0 aromatic heterocycles. The van der Waals surface area contributed by atoms with Crippen LogP contribution < -0.4 is 11.1 Å². The quantitative estimate of drug-likeness (QED) is 0.321. The maximum absolute atomic E-state index is 10.9. The second-order valence-corrected chi connectivity index (χ2v) is 5.10. The van der Waals surface area contributed by atoms with Crippen LogP contribution in [0.5, 0.6) is 0 Å². The molecule has 0 atom stereocenters. The minimum Gasteiger partial charge on any atom is -0.478 e. The normalized spacial score (nSPS) is 10.5. The SMILES string of the molecule is NCCSSCCNC(=O)/C=C/C(=O)O. The Kier molecular flexibility index (Phi) is 9.44. The second-order valence-electron chi connectivity index (χ2n) is 2.40. The molecule has 1 amide bonds. The molecule has 0 aromatic carbocycles. The number of nitrogens with one attached hydrogen (secondary N) is 1. The lowest BCUT2D eigenvalue weighted by molar-refractivity contribution is -0.131. The zero-order valence-electron chi connectivity index (χ0n) is 8.14. The van der Waals surface area contributed by atoms with Crippen LogP contribution in [0.2, 0.25) is 0 Å². The van der Waals surface area contributed by atoms with E-state index in [-0.39, 0.29) is 5.91 Å². The highest BCUT2D eigenvalue weighted by Crippen LogP contribution is 2.18. The van der Waals surface area contributed by atoms with Gasteiger partial charge in [0.05, 0.1) is 0 Å². The first-order chi connectivity index (χ1) is 7.16. The van der Waals surface area contributed by atoms with Crippen molar-refractivity contribution in [3.63, 3.8) is 0 Å². The number of carbonyl (C=O) groups excluding carboxylic acids is 1. The van der Waals surface area contributed by atoms with Crippen molar-refractivity contribution in [3.05, 3.63) is 12.2 Å². The summed E-state index contributed by atoms with van der Waals surface area (Å²) in [5, 5.41) is 10.8. The lowest BCUT2D eigenvalue weighted by Gasteiger charge is -2.00. The smallest absolute Gasteiger partial charge is 0.328 e. The third-order valence-corrected chi connectivity index (χ3v) is 3.59. The fourth-order valence-electron chi connectivity index (χ4n) is 0.588. The number of aliphatic carboxylic acids is 1. The Morgan fingerprint density at radius 1 is 1.27 bits per heavy atom. The Hall–Kier alpha value is -0.660. The number of rotatable bonds is 8. The van der Waals surface area contributed by atoms with E-state index in [2.05, 4.69) is 5.32 Å². The molecular formula is C8H14N2O3S2. The molecule has 0 aliphatic rings. The second kappa shape index (κ2) is 9.88. The van der Waals surface area contributed by atoms with Crippen LogP contribution in [0.15, 0.2) is 12.2 Å². The molecule has 0 bridgehead atoms. The first-order valence-electron chi connectivity index (χ1n) is 4.30. The van der Waals surface area contributed by atoms with E-state index in [4.69, 9.17) is 10.8 Å². The summed E-state index contributed by atoms with van der Waals surface area (Å²) in [6, 6.07) is 0. The first-order valence-corrected chi connectivity index (χ1v) is 6.79. The van der Waals surface area contributed by atoms with Crippen LogP contribution in [0.4, 0.5) is 0 Å². The molecule has 7 heteroatoms. The molecule has 0 spiro atoms. The Morgan fingerprint density at radius 2 is 1.93 bits per heavy atom. The Balaban J connectivity index is 3.35. The van der Waals surface area contributed by atoms with Crippen molar-refractivity contribution >= 4 is 33.5 Å². The molecule has 4 N–H and O–H groups in total. The van der Waals surface area contributed by atoms with E-state index in [1.54, 1.807) is 21.6 Å². The number of carbonyl (C=O) groups is 2. The highest BCUT2D eigenvalue weighted by molar-refractivity contribution is 8.76. The van der Waals surface area contributed by atoms with Crippen LogP contribution in [0.3, 0.4) is 0 Å². The maximum Gasteiger partial charge on any atom is 0.328 e.